The van der Waals surface area contributed by atoms with E-state index in [1.54, 1.807) is 6.92 Å². The average Bonchev–Trinajstić information content (AvgIpc) is 2.86. The molecule has 3 rings (SSSR count). The molecule has 1 fully saturated rings. The van der Waals surface area contributed by atoms with Gasteiger partial charge in [0.05, 0.1) is 6.61 Å². The van der Waals surface area contributed by atoms with Crippen LogP contribution in [0.1, 0.15) is 62.8 Å². The zero-order chi connectivity index (χ0) is 27.4. The first-order valence-electron chi connectivity index (χ1n) is 12.9. The average molecular weight is 512 g/mol. The van der Waals surface area contributed by atoms with Crippen molar-refractivity contribution >= 4 is 11.7 Å². The van der Waals surface area contributed by atoms with Crippen molar-refractivity contribution in [3.63, 3.8) is 0 Å². The van der Waals surface area contributed by atoms with E-state index >= 15 is 0 Å². The third kappa shape index (κ3) is 6.70. The van der Waals surface area contributed by atoms with Gasteiger partial charge in [-0.2, -0.15) is 0 Å². The van der Waals surface area contributed by atoms with Gasteiger partial charge in [0.2, 0.25) is 5.91 Å². The fraction of sp³-hybridized carbons (Fsp3) is 0.533. The van der Waals surface area contributed by atoms with Gasteiger partial charge in [0.25, 0.3) is 0 Å². The van der Waals surface area contributed by atoms with E-state index in [-0.39, 0.29) is 36.9 Å². The van der Waals surface area contributed by atoms with Crippen LogP contribution in [0.25, 0.3) is 0 Å². The zero-order valence-corrected chi connectivity index (χ0v) is 23.0. The molecule has 2 aromatic rings. The number of ether oxygens (including phenoxy) is 2. The van der Waals surface area contributed by atoms with Crippen LogP contribution < -0.4 is 9.47 Å². The van der Waals surface area contributed by atoms with Crippen LogP contribution in [0.4, 0.5) is 0 Å². The number of Topliss-reactive ketones (excluding diaryl/α,β-unsaturated/α-hetero) is 1. The van der Waals surface area contributed by atoms with Gasteiger partial charge in [-0.1, -0.05) is 45.0 Å². The normalized spacial score (nSPS) is 16.3. The Morgan fingerprint density at radius 2 is 1.49 bits per heavy atom. The van der Waals surface area contributed by atoms with Crippen LogP contribution in [0.5, 0.6) is 11.5 Å². The van der Waals surface area contributed by atoms with Gasteiger partial charge in [0.15, 0.2) is 5.78 Å². The summed E-state index contributed by atoms with van der Waals surface area (Å²) < 4.78 is 11.6. The molecule has 1 aliphatic heterocycles. The molecule has 7 nitrogen and oxygen atoms in total. The molecule has 0 saturated carbocycles. The fourth-order valence-corrected chi connectivity index (χ4v) is 4.76. The Balaban J connectivity index is 1.93. The van der Waals surface area contributed by atoms with Crippen molar-refractivity contribution in [3.8, 4) is 11.5 Å². The lowest BCUT2D eigenvalue weighted by Crippen LogP contribution is -2.45. The zero-order valence-electron chi connectivity index (χ0n) is 23.0. The molecule has 0 bridgehead atoms. The highest BCUT2D eigenvalue weighted by Gasteiger charge is 2.39. The minimum Gasteiger partial charge on any atom is -0.491 e. The molecule has 1 aliphatic rings. The first-order valence-corrected chi connectivity index (χ1v) is 12.9. The molecule has 7 heteroatoms. The Hall–Kier alpha value is -2.90. The van der Waals surface area contributed by atoms with Crippen molar-refractivity contribution in [2.75, 3.05) is 32.9 Å². The van der Waals surface area contributed by atoms with Gasteiger partial charge >= 0.3 is 0 Å². The molecule has 0 aromatic heterocycles. The quantitative estimate of drug-likeness (QED) is 0.529. The smallest absolute Gasteiger partial charge is 0.219 e. The highest BCUT2D eigenvalue weighted by Crippen LogP contribution is 2.44. The summed E-state index contributed by atoms with van der Waals surface area (Å²) in [5.74, 6) is 1.49. The van der Waals surface area contributed by atoms with Gasteiger partial charge in [-0.05, 0) is 61.1 Å². The minimum absolute atomic E-state index is 0.0216. The monoisotopic (exact) mass is 511 g/mol. The maximum Gasteiger partial charge on any atom is 0.219 e. The molecular weight excluding hydrogens is 470 g/mol. The number of aliphatic hydroxyl groups excluding tert-OH is 2. The SMILES string of the molecule is CC(=O)N1CCC(c2ccc(OCC(=O)C(C)(C)C)c(C)c2)(c2ccc(OCC(O)CO)c(C)c2)CC1. The second-order valence-corrected chi connectivity index (χ2v) is 11.2. The summed E-state index contributed by atoms with van der Waals surface area (Å²) in [4.78, 5) is 26.3. The molecule has 2 N–H and O–H groups in total. The van der Waals surface area contributed by atoms with E-state index in [1.165, 1.54) is 0 Å². The van der Waals surface area contributed by atoms with Gasteiger partial charge in [0, 0.05) is 30.8 Å². The number of nitrogens with zero attached hydrogens (tertiary/aromatic N) is 1. The van der Waals surface area contributed by atoms with Crippen LogP contribution in [0.2, 0.25) is 0 Å². The number of rotatable bonds is 9. The standard InChI is InChI=1S/C30H41NO6/c1-20-15-23(7-9-26(20)36-18-25(34)17-32)30(11-13-31(14-12-30)22(3)33)24-8-10-27(21(2)16-24)37-19-28(35)29(4,5)6/h7-10,15-16,25,32,34H,11-14,17-19H2,1-6H3. The number of hydrogen-bond donors (Lipinski definition) is 2. The predicted molar refractivity (Wildman–Crippen MR) is 143 cm³/mol. The number of ketones is 1. The Morgan fingerprint density at radius 1 is 0.973 bits per heavy atom. The molecular formula is C30H41NO6. The number of aryl methyl sites for hydroxylation is 2. The fourth-order valence-electron chi connectivity index (χ4n) is 4.76. The Kier molecular flexibility index (Phi) is 9.03. The predicted octanol–water partition coefficient (Wildman–Crippen LogP) is 3.96. The largest absolute Gasteiger partial charge is 0.491 e. The number of amides is 1. The van der Waals surface area contributed by atoms with Crippen molar-refractivity contribution < 1.29 is 29.3 Å². The van der Waals surface area contributed by atoms with E-state index in [0.717, 1.165) is 35.1 Å². The lowest BCUT2D eigenvalue weighted by atomic mass is 9.67. The van der Waals surface area contributed by atoms with Crippen LogP contribution in [-0.4, -0.2) is 65.8 Å². The molecule has 1 saturated heterocycles. The van der Waals surface area contributed by atoms with Crippen LogP contribution in [0, 0.1) is 19.3 Å². The summed E-state index contributed by atoms with van der Waals surface area (Å²) in [6.07, 6.45) is 0.624. The Bertz CT molecular complexity index is 1110. The van der Waals surface area contributed by atoms with Crippen molar-refractivity contribution in [2.24, 2.45) is 5.41 Å². The number of likely N-dealkylation sites (tertiary alicyclic amines) is 1. The maximum absolute atomic E-state index is 12.4. The van der Waals surface area contributed by atoms with E-state index in [2.05, 4.69) is 24.3 Å². The van der Waals surface area contributed by atoms with Crippen molar-refractivity contribution in [3.05, 3.63) is 58.7 Å². The van der Waals surface area contributed by atoms with Crippen LogP contribution in [0.3, 0.4) is 0 Å². The van der Waals surface area contributed by atoms with Crippen LogP contribution in [0.15, 0.2) is 36.4 Å². The Morgan fingerprint density at radius 3 is 1.92 bits per heavy atom. The maximum atomic E-state index is 12.4. The van der Waals surface area contributed by atoms with Crippen molar-refractivity contribution in [1.82, 2.24) is 4.90 Å². The summed E-state index contributed by atoms with van der Waals surface area (Å²) in [5.41, 5.74) is 3.43. The number of benzene rings is 2. The molecule has 2 aromatic carbocycles. The van der Waals surface area contributed by atoms with Crippen LogP contribution in [-0.2, 0) is 15.0 Å². The molecule has 1 unspecified atom stereocenters. The van der Waals surface area contributed by atoms with Crippen molar-refractivity contribution in [2.45, 2.75) is 65.9 Å². The molecule has 0 aliphatic carbocycles. The van der Waals surface area contributed by atoms with E-state index in [9.17, 15) is 14.7 Å². The lowest BCUT2D eigenvalue weighted by molar-refractivity contribution is -0.130. The van der Waals surface area contributed by atoms with E-state index in [1.807, 2.05) is 51.7 Å². The number of carbonyl (C=O) groups is 2. The van der Waals surface area contributed by atoms with E-state index < -0.39 is 11.5 Å². The van der Waals surface area contributed by atoms with Gasteiger partial charge in [-0.15, -0.1) is 0 Å². The molecule has 1 amide bonds. The second kappa shape index (κ2) is 11.7. The second-order valence-electron chi connectivity index (χ2n) is 11.2. The number of hydrogen-bond acceptors (Lipinski definition) is 6. The number of aliphatic hydroxyl groups is 2. The van der Waals surface area contributed by atoms with Gasteiger partial charge in [-0.25, -0.2) is 0 Å². The summed E-state index contributed by atoms with van der Waals surface area (Å²) in [5, 5.41) is 18.7. The van der Waals surface area contributed by atoms with Gasteiger partial charge < -0.3 is 24.6 Å². The van der Waals surface area contributed by atoms with E-state index in [0.29, 0.717) is 24.6 Å². The van der Waals surface area contributed by atoms with Gasteiger partial charge in [0.1, 0.15) is 30.8 Å². The van der Waals surface area contributed by atoms with Crippen molar-refractivity contribution in [1.29, 1.82) is 0 Å². The summed E-state index contributed by atoms with van der Waals surface area (Å²) in [6, 6.07) is 12.2. The molecule has 0 spiro atoms. The third-order valence-electron chi connectivity index (χ3n) is 7.35. The third-order valence-corrected chi connectivity index (χ3v) is 7.35. The summed E-state index contributed by atoms with van der Waals surface area (Å²) in [7, 11) is 0. The summed E-state index contributed by atoms with van der Waals surface area (Å²) >= 11 is 0. The Labute approximate surface area is 220 Å². The molecule has 0 radical (unpaired) electrons. The van der Waals surface area contributed by atoms with Gasteiger partial charge in [-0.3, -0.25) is 9.59 Å². The number of carbonyl (C=O) groups excluding carboxylic acids is 2. The first kappa shape index (κ1) is 28.7. The van der Waals surface area contributed by atoms with E-state index in [4.69, 9.17) is 14.6 Å². The molecule has 1 heterocycles. The lowest BCUT2D eigenvalue weighted by Gasteiger charge is -2.43. The highest BCUT2D eigenvalue weighted by atomic mass is 16.5. The number of piperidine rings is 1. The van der Waals surface area contributed by atoms with Crippen LogP contribution >= 0.6 is 0 Å². The summed E-state index contributed by atoms with van der Waals surface area (Å²) in [6.45, 7) is 12.3. The molecule has 37 heavy (non-hydrogen) atoms. The molecule has 1 atom stereocenters. The first-order chi connectivity index (χ1) is 17.4. The topological polar surface area (TPSA) is 96.3 Å². The minimum atomic E-state index is -0.927. The highest BCUT2D eigenvalue weighted by molar-refractivity contribution is 5.85. The molecule has 202 valence electrons.